The molecule has 0 saturated carbocycles. The molecule has 0 atom stereocenters. The molecule has 3 aromatic heterocycles. The first kappa shape index (κ1) is 27.1. The molecule has 1 aliphatic heterocycles. The van der Waals surface area contributed by atoms with Crippen LogP contribution in [0, 0.1) is 6.92 Å². The van der Waals surface area contributed by atoms with Crippen molar-refractivity contribution in [3.05, 3.63) is 53.9 Å². The lowest BCUT2D eigenvalue weighted by molar-refractivity contribution is 0.00333. The van der Waals surface area contributed by atoms with Gasteiger partial charge in [-0.25, -0.2) is 9.31 Å². The number of amides is 2. The van der Waals surface area contributed by atoms with Gasteiger partial charge in [-0.05, 0) is 56.7 Å². The van der Waals surface area contributed by atoms with E-state index in [1.54, 1.807) is 15.6 Å². The second-order valence-corrected chi connectivity index (χ2v) is 10.6. The summed E-state index contributed by atoms with van der Waals surface area (Å²) in [6.07, 6.45) is 2.99. The van der Waals surface area contributed by atoms with Gasteiger partial charge in [0.15, 0.2) is 0 Å². The summed E-state index contributed by atoms with van der Waals surface area (Å²) >= 11 is 0. The van der Waals surface area contributed by atoms with Gasteiger partial charge in [-0.1, -0.05) is 12.1 Å². The normalized spacial score (nSPS) is 13.8. The fourth-order valence-electron chi connectivity index (χ4n) is 4.28. The molecule has 0 radical (unpaired) electrons. The van der Waals surface area contributed by atoms with Gasteiger partial charge < -0.3 is 25.0 Å². The van der Waals surface area contributed by atoms with Crippen molar-refractivity contribution in [2.45, 2.75) is 39.3 Å². The van der Waals surface area contributed by atoms with Crippen molar-refractivity contribution in [2.75, 3.05) is 44.0 Å². The molecule has 2 N–H and O–H groups in total. The Morgan fingerprint density at radius 2 is 1.95 bits per heavy atom. The van der Waals surface area contributed by atoms with Gasteiger partial charge in [-0.3, -0.25) is 4.79 Å². The molecule has 1 aromatic carbocycles. The third kappa shape index (κ3) is 5.88. The number of nitrogens with one attached hydrogen (secondary N) is 2. The number of hydrogen-bond acceptors (Lipinski definition) is 9. The Labute approximate surface area is 231 Å². The standard InChI is InChI=1S/C27H33N9O4/c1-17-6-7-18(24-31-33-36(32-24)20-15-34(16-20)26(38)39-5)12-22(17)30-25(37)21-14-29-35-10-8-19(13-23(21)35)28-9-11-40-27(2,3)4/h6-8,10,12-14,20,28H,9,11,15-16H2,1-5H3,(H,30,37). The van der Waals surface area contributed by atoms with Crippen LogP contribution >= 0.6 is 0 Å². The van der Waals surface area contributed by atoms with Crippen molar-refractivity contribution in [3.8, 4) is 11.4 Å². The number of carbonyl (C=O) groups excluding carboxylic acids is 2. The Morgan fingerprint density at radius 3 is 2.70 bits per heavy atom. The number of tetrazole rings is 1. The Bertz CT molecular complexity index is 1530. The molecule has 40 heavy (non-hydrogen) atoms. The van der Waals surface area contributed by atoms with Crippen LogP contribution in [0.3, 0.4) is 0 Å². The lowest BCUT2D eigenvalue weighted by Crippen LogP contribution is -2.51. The van der Waals surface area contributed by atoms with Crippen LogP contribution in [0.25, 0.3) is 16.9 Å². The van der Waals surface area contributed by atoms with Crippen LogP contribution in [-0.2, 0) is 9.47 Å². The molecule has 0 spiro atoms. The number of aryl methyl sites for hydroxylation is 1. The number of pyridine rings is 1. The van der Waals surface area contributed by atoms with E-state index >= 15 is 0 Å². The number of carbonyl (C=O) groups is 2. The second kappa shape index (κ2) is 10.9. The van der Waals surface area contributed by atoms with Gasteiger partial charge in [-0.2, -0.15) is 9.90 Å². The van der Waals surface area contributed by atoms with E-state index in [1.807, 2.05) is 64.2 Å². The molecule has 1 saturated heterocycles. The average molecular weight is 548 g/mol. The number of aromatic nitrogens is 6. The van der Waals surface area contributed by atoms with E-state index in [2.05, 4.69) is 31.1 Å². The van der Waals surface area contributed by atoms with Crippen LogP contribution < -0.4 is 10.6 Å². The maximum absolute atomic E-state index is 13.3. The molecule has 4 heterocycles. The quantitative estimate of drug-likeness (QED) is 0.318. The minimum atomic E-state index is -0.375. The first-order valence-corrected chi connectivity index (χ1v) is 13.0. The first-order chi connectivity index (χ1) is 19.1. The van der Waals surface area contributed by atoms with Crippen LogP contribution in [0.5, 0.6) is 0 Å². The highest BCUT2D eigenvalue weighted by molar-refractivity contribution is 6.09. The minimum absolute atomic E-state index is 0.0639. The van der Waals surface area contributed by atoms with E-state index in [0.29, 0.717) is 54.4 Å². The Morgan fingerprint density at radius 1 is 1.15 bits per heavy atom. The summed E-state index contributed by atoms with van der Waals surface area (Å²) in [6, 6.07) is 9.33. The van der Waals surface area contributed by atoms with Crippen LogP contribution in [0.4, 0.5) is 16.2 Å². The Balaban J connectivity index is 1.27. The van der Waals surface area contributed by atoms with E-state index in [0.717, 1.165) is 11.3 Å². The third-order valence-corrected chi connectivity index (χ3v) is 6.53. The number of fused-ring (bicyclic) bond motifs is 1. The van der Waals surface area contributed by atoms with Gasteiger partial charge in [0.2, 0.25) is 5.82 Å². The van der Waals surface area contributed by atoms with Crippen molar-refractivity contribution < 1.29 is 19.1 Å². The average Bonchev–Trinajstić information content (AvgIpc) is 3.54. The zero-order chi connectivity index (χ0) is 28.4. The summed E-state index contributed by atoms with van der Waals surface area (Å²) in [5.41, 5.74) is 4.02. The fourth-order valence-corrected chi connectivity index (χ4v) is 4.28. The zero-order valence-electron chi connectivity index (χ0n) is 23.2. The first-order valence-electron chi connectivity index (χ1n) is 13.0. The highest BCUT2D eigenvalue weighted by Crippen LogP contribution is 2.26. The van der Waals surface area contributed by atoms with Crippen LogP contribution in [-0.4, -0.2) is 85.7 Å². The van der Waals surface area contributed by atoms with Crippen LogP contribution in [0.2, 0.25) is 0 Å². The largest absolute Gasteiger partial charge is 0.453 e. The van der Waals surface area contributed by atoms with Gasteiger partial charge in [-0.15, -0.1) is 10.2 Å². The summed E-state index contributed by atoms with van der Waals surface area (Å²) in [6.45, 7) is 10.1. The monoisotopic (exact) mass is 547 g/mol. The van der Waals surface area contributed by atoms with Crippen LogP contribution in [0.1, 0.15) is 42.7 Å². The molecule has 0 bridgehead atoms. The molecule has 13 nitrogen and oxygen atoms in total. The lowest BCUT2D eigenvalue weighted by atomic mass is 10.1. The molecule has 4 aromatic rings. The van der Waals surface area contributed by atoms with E-state index < -0.39 is 0 Å². The predicted octanol–water partition coefficient (Wildman–Crippen LogP) is 3.40. The van der Waals surface area contributed by atoms with Crippen molar-refractivity contribution in [1.29, 1.82) is 0 Å². The van der Waals surface area contributed by atoms with E-state index in [-0.39, 0.29) is 23.6 Å². The van der Waals surface area contributed by atoms with Gasteiger partial charge in [0.1, 0.15) is 6.04 Å². The number of nitrogens with zero attached hydrogens (tertiary/aromatic N) is 7. The van der Waals surface area contributed by atoms with Crippen molar-refractivity contribution in [2.24, 2.45) is 0 Å². The van der Waals surface area contributed by atoms with Crippen molar-refractivity contribution >= 4 is 28.9 Å². The minimum Gasteiger partial charge on any atom is -0.453 e. The number of likely N-dealkylation sites (tertiary alicyclic amines) is 1. The number of ether oxygens (including phenoxy) is 2. The molecule has 1 aliphatic rings. The topological polar surface area (TPSA) is 141 Å². The predicted molar refractivity (Wildman–Crippen MR) is 148 cm³/mol. The molecular formula is C27H33N9O4. The maximum Gasteiger partial charge on any atom is 0.409 e. The van der Waals surface area contributed by atoms with E-state index in [1.165, 1.54) is 11.9 Å². The Hall–Kier alpha value is -4.52. The smallest absolute Gasteiger partial charge is 0.409 e. The molecule has 0 aliphatic carbocycles. The number of rotatable bonds is 8. The summed E-state index contributed by atoms with van der Waals surface area (Å²) in [5.74, 6) is 0.145. The molecule has 2 amide bonds. The highest BCUT2D eigenvalue weighted by atomic mass is 16.5. The van der Waals surface area contributed by atoms with Gasteiger partial charge in [0.25, 0.3) is 5.91 Å². The van der Waals surface area contributed by atoms with Gasteiger partial charge in [0, 0.05) is 29.7 Å². The SMILES string of the molecule is COC(=O)N1CC(n2nnc(-c3ccc(C)c(NC(=O)c4cnn5ccc(NCCOC(C)(C)C)cc45)c3)n2)C1. The number of benzene rings is 1. The summed E-state index contributed by atoms with van der Waals surface area (Å²) in [7, 11) is 1.35. The molecular weight excluding hydrogens is 514 g/mol. The number of anilines is 2. The molecule has 210 valence electrons. The van der Waals surface area contributed by atoms with Crippen molar-refractivity contribution in [1.82, 2.24) is 34.7 Å². The lowest BCUT2D eigenvalue weighted by Gasteiger charge is -2.36. The number of hydrogen-bond donors (Lipinski definition) is 2. The van der Waals surface area contributed by atoms with E-state index in [9.17, 15) is 9.59 Å². The van der Waals surface area contributed by atoms with Crippen molar-refractivity contribution in [3.63, 3.8) is 0 Å². The summed E-state index contributed by atoms with van der Waals surface area (Å²) in [5, 5.41) is 23.5. The fraction of sp³-hybridized carbons (Fsp3) is 0.407. The summed E-state index contributed by atoms with van der Waals surface area (Å²) < 4.78 is 12.2. The second-order valence-electron chi connectivity index (χ2n) is 10.6. The zero-order valence-corrected chi connectivity index (χ0v) is 23.2. The highest BCUT2D eigenvalue weighted by Gasteiger charge is 2.34. The van der Waals surface area contributed by atoms with Gasteiger partial charge >= 0.3 is 6.09 Å². The molecule has 0 unspecified atom stereocenters. The Kier molecular flexibility index (Phi) is 7.39. The van der Waals surface area contributed by atoms with E-state index in [4.69, 9.17) is 9.47 Å². The maximum atomic E-state index is 13.3. The van der Waals surface area contributed by atoms with Crippen LogP contribution in [0.15, 0.2) is 42.7 Å². The molecule has 1 fully saturated rings. The molecule has 5 rings (SSSR count). The number of methoxy groups -OCH3 is 1. The molecule has 13 heteroatoms. The van der Waals surface area contributed by atoms with Gasteiger partial charge in [0.05, 0.1) is 49.7 Å². The third-order valence-electron chi connectivity index (χ3n) is 6.53. The summed E-state index contributed by atoms with van der Waals surface area (Å²) in [4.78, 5) is 28.0.